The van der Waals surface area contributed by atoms with Gasteiger partial charge in [0.2, 0.25) is 17.7 Å². The molecule has 0 aliphatic carbocycles. The SMILES string of the molecule is CC(O)C(NC(=O)C(Cc1c[nH]c2ccccc12)NC(=O)C(N)Cc1cnc[nH]1)C(=O)NC(CO)C(=O)O. The third-order valence-electron chi connectivity index (χ3n) is 5.92. The maximum atomic E-state index is 13.3. The molecule has 10 N–H and O–H groups in total. The van der Waals surface area contributed by atoms with E-state index in [0.29, 0.717) is 11.3 Å². The average molecular weight is 530 g/mol. The second-order valence-corrected chi connectivity index (χ2v) is 8.82. The van der Waals surface area contributed by atoms with Crippen molar-refractivity contribution in [2.24, 2.45) is 5.73 Å². The minimum Gasteiger partial charge on any atom is -0.480 e. The highest BCUT2D eigenvalue weighted by atomic mass is 16.4. The molecule has 0 aliphatic rings. The molecule has 14 nitrogen and oxygen atoms in total. The summed E-state index contributed by atoms with van der Waals surface area (Å²) in [7, 11) is 0. The van der Waals surface area contributed by atoms with E-state index in [4.69, 9.17) is 10.8 Å². The maximum Gasteiger partial charge on any atom is 0.328 e. The van der Waals surface area contributed by atoms with E-state index in [2.05, 4.69) is 30.9 Å². The predicted molar refractivity (Wildman–Crippen MR) is 134 cm³/mol. The van der Waals surface area contributed by atoms with Crippen LogP contribution in [-0.2, 0) is 32.0 Å². The van der Waals surface area contributed by atoms with E-state index in [1.807, 2.05) is 24.3 Å². The summed E-state index contributed by atoms with van der Waals surface area (Å²) >= 11 is 0. The van der Waals surface area contributed by atoms with E-state index in [9.17, 15) is 29.4 Å². The van der Waals surface area contributed by atoms with Crippen molar-refractivity contribution >= 4 is 34.6 Å². The number of nitrogens with two attached hydrogens (primary N) is 1. The number of aromatic nitrogens is 3. The monoisotopic (exact) mass is 529 g/mol. The van der Waals surface area contributed by atoms with Crippen molar-refractivity contribution in [1.82, 2.24) is 30.9 Å². The third-order valence-corrected chi connectivity index (χ3v) is 5.92. The summed E-state index contributed by atoms with van der Waals surface area (Å²) in [5, 5.41) is 36.3. The van der Waals surface area contributed by atoms with Gasteiger partial charge in [0.15, 0.2) is 0 Å². The lowest BCUT2D eigenvalue weighted by atomic mass is 10.0. The molecule has 0 fully saturated rings. The van der Waals surface area contributed by atoms with Gasteiger partial charge in [-0.25, -0.2) is 9.78 Å². The summed E-state index contributed by atoms with van der Waals surface area (Å²) in [5.74, 6) is -3.96. The number of para-hydroxylation sites is 1. The molecule has 14 heteroatoms. The summed E-state index contributed by atoms with van der Waals surface area (Å²) in [6.07, 6.45) is 3.37. The van der Waals surface area contributed by atoms with Gasteiger partial charge < -0.3 is 47.0 Å². The highest BCUT2D eigenvalue weighted by Gasteiger charge is 2.33. The molecule has 0 bridgehead atoms. The van der Waals surface area contributed by atoms with E-state index in [1.54, 1.807) is 6.20 Å². The van der Waals surface area contributed by atoms with Crippen LogP contribution in [0.5, 0.6) is 0 Å². The summed E-state index contributed by atoms with van der Waals surface area (Å²) in [4.78, 5) is 59.9. The Bertz CT molecular complexity index is 1260. The molecule has 2 aromatic heterocycles. The van der Waals surface area contributed by atoms with Gasteiger partial charge in [0.25, 0.3) is 0 Å². The lowest BCUT2D eigenvalue weighted by molar-refractivity contribution is -0.144. The minimum atomic E-state index is -1.64. The number of benzene rings is 1. The fourth-order valence-corrected chi connectivity index (χ4v) is 3.84. The maximum absolute atomic E-state index is 13.3. The first kappa shape index (κ1) is 28.3. The summed E-state index contributed by atoms with van der Waals surface area (Å²) in [6.45, 7) is 0.335. The standard InChI is InChI=1S/C24H31N7O7/c1-12(33)20(23(36)30-19(10-32)24(37)38)31-22(35)18(6-13-8-27-17-5-3-2-4-15(13)17)29-21(34)16(25)7-14-9-26-11-28-14/h2-5,8-9,11-12,16,18-20,27,32-33H,6-7,10,25H2,1H3,(H,26,28)(H,29,34)(H,30,36)(H,31,35)(H,37,38). The van der Waals surface area contributed by atoms with E-state index >= 15 is 0 Å². The second-order valence-electron chi connectivity index (χ2n) is 8.82. The summed E-state index contributed by atoms with van der Waals surface area (Å²) < 4.78 is 0. The number of carboxylic acid groups (broad SMARTS) is 1. The number of aliphatic hydroxyl groups excluding tert-OH is 2. The normalized spacial score (nSPS) is 15.2. The Morgan fingerprint density at radius 1 is 1.00 bits per heavy atom. The quantitative estimate of drug-likeness (QED) is 0.118. The number of hydrogen-bond acceptors (Lipinski definition) is 8. The number of carboxylic acids is 1. The zero-order valence-electron chi connectivity index (χ0n) is 20.5. The Morgan fingerprint density at radius 2 is 1.71 bits per heavy atom. The van der Waals surface area contributed by atoms with Crippen molar-refractivity contribution in [3.05, 3.63) is 54.2 Å². The van der Waals surface area contributed by atoms with Crippen molar-refractivity contribution in [3.8, 4) is 0 Å². The van der Waals surface area contributed by atoms with E-state index in [1.165, 1.54) is 19.4 Å². The highest BCUT2D eigenvalue weighted by molar-refractivity contribution is 5.95. The van der Waals surface area contributed by atoms with Crippen molar-refractivity contribution in [2.75, 3.05) is 6.61 Å². The number of amides is 3. The number of imidazole rings is 1. The number of fused-ring (bicyclic) bond motifs is 1. The molecule has 1 aromatic carbocycles. The van der Waals surface area contributed by atoms with Gasteiger partial charge in [-0.1, -0.05) is 18.2 Å². The number of aromatic amines is 2. The lowest BCUT2D eigenvalue weighted by Gasteiger charge is -2.26. The molecule has 3 amide bonds. The van der Waals surface area contributed by atoms with Crippen LogP contribution in [0.4, 0.5) is 0 Å². The third kappa shape index (κ3) is 7.15. The van der Waals surface area contributed by atoms with Crippen LogP contribution >= 0.6 is 0 Å². The smallest absolute Gasteiger partial charge is 0.328 e. The Kier molecular flexibility index (Phi) is 9.54. The van der Waals surface area contributed by atoms with Crippen molar-refractivity contribution < 1.29 is 34.5 Å². The molecule has 5 atom stereocenters. The van der Waals surface area contributed by atoms with Gasteiger partial charge in [0.1, 0.15) is 18.1 Å². The number of H-pyrrole nitrogens is 2. The van der Waals surface area contributed by atoms with E-state index in [-0.39, 0.29) is 12.8 Å². The highest BCUT2D eigenvalue weighted by Crippen LogP contribution is 2.19. The number of nitrogens with zero attached hydrogens (tertiary/aromatic N) is 1. The Labute approximate surface area is 217 Å². The second kappa shape index (κ2) is 12.8. The van der Waals surface area contributed by atoms with Gasteiger partial charge >= 0.3 is 5.97 Å². The van der Waals surface area contributed by atoms with Gasteiger partial charge in [0.05, 0.1) is 25.1 Å². The summed E-state index contributed by atoms with van der Waals surface area (Å²) in [5.41, 5.74) is 8.17. The predicted octanol–water partition coefficient (Wildman–Crippen LogP) is -2.08. The molecular formula is C24H31N7O7. The molecule has 0 radical (unpaired) electrons. The van der Waals surface area contributed by atoms with Crippen LogP contribution in [0, 0.1) is 0 Å². The van der Waals surface area contributed by atoms with Crippen LogP contribution in [0.25, 0.3) is 10.9 Å². The van der Waals surface area contributed by atoms with Crippen LogP contribution in [0.1, 0.15) is 18.2 Å². The molecule has 2 heterocycles. The number of carbonyl (C=O) groups excluding carboxylic acids is 3. The molecule has 0 saturated heterocycles. The zero-order chi connectivity index (χ0) is 27.8. The molecule has 3 aromatic rings. The van der Waals surface area contributed by atoms with Crippen LogP contribution < -0.4 is 21.7 Å². The molecular weight excluding hydrogens is 498 g/mol. The van der Waals surface area contributed by atoms with Gasteiger partial charge in [0, 0.05) is 41.8 Å². The summed E-state index contributed by atoms with van der Waals surface area (Å²) in [6, 6.07) is 1.91. The zero-order valence-corrected chi connectivity index (χ0v) is 20.5. The lowest BCUT2D eigenvalue weighted by Crippen LogP contribution is -2.60. The van der Waals surface area contributed by atoms with Crippen molar-refractivity contribution in [3.63, 3.8) is 0 Å². The minimum absolute atomic E-state index is 0.0148. The topological polar surface area (TPSA) is 236 Å². The molecule has 0 saturated carbocycles. The Balaban J connectivity index is 1.81. The fraction of sp³-hybridized carbons (Fsp3) is 0.375. The number of nitrogens with one attached hydrogen (secondary N) is 5. The van der Waals surface area contributed by atoms with Crippen LogP contribution in [0.2, 0.25) is 0 Å². The average Bonchev–Trinajstić information content (AvgIpc) is 3.54. The van der Waals surface area contributed by atoms with Crippen LogP contribution in [-0.4, -0.2) is 90.8 Å². The first-order valence-electron chi connectivity index (χ1n) is 11.8. The number of rotatable bonds is 13. The number of hydrogen-bond donors (Lipinski definition) is 9. The van der Waals surface area contributed by atoms with Gasteiger partial charge in [-0.05, 0) is 18.6 Å². The largest absolute Gasteiger partial charge is 0.480 e. The first-order chi connectivity index (χ1) is 18.1. The van der Waals surface area contributed by atoms with Crippen molar-refractivity contribution in [1.29, 1.82) is 0 Å². The number of carbonyl (C=O) groups is 4. The van der Waals surface area contributed by atoms with Crippen LogP contribution in [0.3, 0.4) is 0 Å². The number of aliphatic hydroxyl groups is 2. The molecule has 0 spiro atoms. The Morgan fingerprint density at radius 3 is 2.34 bits per heavy atom. The van der Waals surface area contributed by atoms with Gasteiger partial charge in [-0.2, -0.15) is 0 Å². The van der Waals surface area contributed by atoms with E-state index < -0.39 is 60.6 Å². The Hall–Kier alpha value is -4.27. The molecule has 3 rings (SSSR count). The molecule has 5 unspecified atom stereocenters. The van der Waals surface area contributed by atoms with Crippen molar-refractivity contribution in [2.45, 2.75) is 50.0 Å². The molecule has 0 aliphatic heterocycles. The van der Waals surface area contributed by atoms with Gasteiger partial charge in [-0.15, -0.1) is 0 Å². The number of aliphatic carboxylic acids is 1. The van der Waals surface area contributed by atoms with Gasteiger partial charge in [-0.3, -0.25) is 14.4 Å². The fourth-order valence-electron chi connectivity index (χ4n) is 3.84. The molecule has 38 heavy (non-hydrogen) atoms. The van der Waals surface area contributed by atoms with E-state index in [0.717, 1.165) is 10.9 Å². The van der Waals surface area contributed by atoms with Crippen LogP contribution in [0.15, 0.2) is 43.0 Å². The molecule has 204 valence electrons. The first-order valence-corrected chi connectivity index (χ1v) is 11.8.